The van der Waals surface area contributed by atoms with Crippen molar-refractivity contribution in [3.8, 4) is 6.07 Å². The molecule has 0 atom stereocenters. The van der Waals surface area contributed by atoms with Gasteiger partial charge in [-0.1, -0.05) is 6.07 Å². The van der Waals surface area contributed by atoms with Gasteiger partial charge in [0, 0.05) is 12.2 Å². The van der Waals surface area contributed by atoms with Crippen LogP contribution in [0.5, 0.6) is 0 Å². The smallest absolute Gasteiger partial charge is 0.125 e. The summed E-state index contributed by atoms with van der Waals surface area (Å²) in [7, 11) is 0. The van der Waals surface area contributed by atoms with Crippen LogP contribution in [0.1, 0.15) is 12.8 Å². The third kappa shape index (κ3) is 1.85. The van der Waals surface area contributed by atoms with E-state index in [-0.39, 0.29) is 11.2 Å². The van der Waals surface area contributed by atoms with Crippen LogP contribution in [-0.4, -0.2) is 6.54 Å². The predicted molar refractivity (Wildman–Crippen MR) is 52.2 cm³/mol. The van der Waals surface area contributed by atoms with Gasteiger partial charge < -0.3 is 5.32 Å². The largest absolute Gasteiger partial charge is 0.383 e. The summed E-state index contributed by atoms with van der Waals surface area (Å²) in [5.41, 5.74) is 0.554. The van der Waals surface area contributed by atoms with Gasteiger partial charge in [0.1, 0.15) is 5.82 Å². The van der Waals surface area contributed by atoms with Gasteiger partial charge >= 0.3 is 0 Å². The molecular weight excluding hydrogens is 179 g/mol. The van der Waals surface area contributed by atoms with Crippen molar-refractivity contribution in [1.82, 2.24) is 0 Å². The van der Waals surface area contributed by atoms with Crippen LogP contribution < -0.4 is 5.32 Å². The zero-order chi connectivity index (χ0) is 10.0. The number of hydrogen-bond donors (Lipinski definition) is 1. The van der Waals surface area contributed by atoms with Crippen molar-refractivity contribution in [2.75, 3.05) is 11.9 Å². The highest BCUT2D eigenvalue weighted by Crippen LogP contribution is 2.44. The molecule has 1 aliphatic carbocycles. The Morgan fingerprint density at radius 1 is 1.50 bits per heavy atom. The van der Waals surface area contributed by atoms with E-state index in [0.717, 1.165) is 18.5 Å². The van der Waals surface area contributed by atoms with E-state index in [1.807, 2.05) is 0 Å². The number of benzene rings is 1. The maximum atomic E-state index is 12.8. The Morgan fingerprint density at radius 3 is 2.86 bits per heavy atom. The molecule has 1 N–H and O–H groups in total. The Hall–Kier alpha value is -1.56. The van der Waals surface area contributed by atoms with E-state index >= 15 is 0 Å². The molecular formula is C11H11FN2. The first-order valence-corrected chi connectivity index (χ1v) is 4.65. The Morgan fingerprint density at radius 2 is 2.29 bits per heavy atom. The molecule has 14 heavy (non-hydrogen) atoms. The van der Waals surface area contributed by atoms with Crippen LogP contribution in [0.3, 0.4) is 0 Å². The molecule has 1 saturated carbocycles. The molecule has 1 fully saturated rings. The van der Waals surface area contributed by atoms with Gasteiger partial charge in [-0.25, -0.2) is 4.39 Å². The van der Waals surface area contributed by atoms with Gasteiger partial charge in [-0.05, 0) is 31.0 Å². The summed E-state index contributed by atoms with van der Waals surface area (Å²) in [6, 6.07) is 8.58. The Kier molecular flexibility index (Phi) is 2.12. The molecule has 0 unspecified atom stereocenters. The van der Waals surface area contributed by atoms with E-state index in [4.69, 9.17) is 5.26 Å². The number of hydrogen-bond acceptors (Lipinski definition) is 2. The summed E-state index contributed by atoms with van der Waals surface area (Å²) in [6.07, 6.45) is 1.90. The molecule has 0 heterocycles. The molecule has 0 bridgehead atoms. The molecule has 1 aromatic carbocycles. The first-order valence-electron chi connectivity index (χ1n) is 4.65. The highest BCUT2D eigenvalue weighted by molar-refractivity contribution is 5.44. The maximum absolute atomic E-state index is 12.8. The zero-order valence-corrected chi connectivity index (χ0v) is 7.76. The van der Waals surface area contributed by atoms with Gasteiger partial charge in [0.15, 0.2) is 0 Å². The second kappa shape index (κ2) is 3.30. The number of rotatable bonds is 3. The zero-order valence-electron chi connectivity index (χ0n) is 7.76. The first kappa shape index (κ1) is 9.01. The normalized spacial score (nSPS) is 17.1. The number of anilines is 1. The summed E-state index contributed by atoms with van der Waals surface area (Å²) in [5, 5.41) is 11.9. The number of halogens is 1. The van der Waals surface area contributed by atoms with Crippen LogP contribution in [0.2, 0.25) is 0 Å². The maximum Gasteiger partial charge on any atom is 0.125 e. The third-order valence-corrected chi connectivity index (χ3v) is 2.55. The van der Waals surface area contributed by atoms with Crippen molar-refractivity contribution in [3.63, 3.8) is 0 Å². The highest BCUT2D eigenvalue weighted by atomic mass is 19.1. The minimum absolute atomic E-state index is 0.188. The second-order valence-corrected chi connectivity index (χ2v) is 3.76. The monoisotopic (exact) mass is 190 g/mol. The number of nitriles is 1. The van der Waals surface area contributed by atoms with Crippen LogP contribution in [0.25, 0.3) is 0 Å². The minimum Gasteiger partial charge on any atom is -0.383 e. The fourth-order valence-corrected chi connectivity index (χ4v) is 1.35. The lowest BCUT2D eigenvalue weighted by atomic mass is 10.1. The number of nitrogens with zero attached hydrogens (tertiary/aromatic N) is 1. The van der Waals surface area contributed by atoms with Crippen molar-refractivity contribution >= 4 is 5.69 Å². The lowest BCUT2D eigenvalue weighted by Gasteiger charge is -2.08. The number of nitrogens with one attached hydrogen (secondary N) is 1. The minimum atomic E-state index is -0.253. The van der Waals surface area contributed by atoms with Crippen LogP contribution in [0.4, 0.5) is 10.1 Å². The molecule has 72 valence electrons. The molecule has 0 spiro atoms. The Balaban J connectivity index is 1.96. The average molecular weight is 190 g/mol. The molecule has 0 radical (unpaired) electrons. The summed E-state index contributed by atoms with van der Waals surface area (Å²) < 4.78 is 12.8. The summed E-state index contributed by atoms with van der Waals surface area (Å²) in [5.74, 6) is -0.253. The standard InChI is InChI=1S/C11H11FN2/c12-9-2-1-3-10(6-9)14-8-11(7-13)4-5-11/h1-3,6,14H,4-5,8H2. The molecule has 1 aliphatic rings. The summed E-state index contributed by atoms with van der Waals surface area (Å²) >= 11 is 0. The van der Waals surface area contributed by atoms with Crippen LogP contribution in [0, 0.1) is 22.6 Å². The van der Waals surface area contributed by atoms with Gasteiger partial charge in [0.05, 0.1) is 11.5 Å². The van der Waals surface area contributed by atoms with E-state index in [2.05, 4.69) is 11.4 Å². The van der Waals surface area contributed by atoms with Gasteiger partial charge in [-0.2, -0.15) is 5.26 Å². The van der Waals surface area contributed by atoms with Gasteiger partial charge in [0.2, 0.25) is 0 Å². The summed E-state index contributed by atoms with van der Waals surface area (Å²) in [6.45, 7) is 0.618. The van der Waals surface area contributed by atoms with Crippen molar-refractivity contribution in [2.45, 2.75) is 12.8 Å². The quantitative estimate of drug-likeness (QED) is 0.795. The topological polar surface area (TPSA) is 35.8 Å². The Bertz CT molecular complexity index is 377. The van der Waals surface area contributed by atoms with Crippen LogP contribution in [0.15, 0.2) is 24.3 Å². The fraction of sp³-hybridized carbons (Fsp3) is 0.364. The first-order chi connectivity index (χ1) is 6.74. The molecule has 1 aromatic rings. The van der Waals surface area contributed by atoms with Gasteiger partial charge in [-0.15, -0.1) is 0 Å². The van der Waals surface area contributed by atoms with Crippen molar-refractivity contribution in [2.24, 2.45) is 5.41 Å². The summed E-state index contributed by atoms with van der Waals surface area (Å²) in [4.78, 5) is 0. The fourth-order valence-electron chi connectivity index (χ4n) is 1.35. The van der Waals surface area contributed by atoms with Gasteiger partial charge in [0.25, 0.3) is 0 Å². The van der Waals surface area contributed by atoms with E-state index in [9.17, 15) is 4.39 Å². The SMILES string of the molecule is N#CC1(CNc2cccc(F)c2)CC1. The lowest BCUT2D eigenvalue weighted by molar-refractivity contribution is 0.627. The van der Waals surface area contributed by atoms with E-state index in [1.165, 1.54) is 12.1 Å². The third-order valence-electron chi connectivity index (χ3n) is 2.55. The average Bonchev–Trinajstić information content (AvgIpc) is 2.96. The second-order valence-electron chi connectivity index (χ2n) is 3.76. The van der Waals surface area contributed by atoms with E-state index in [0.29, 0.717) is 6.54 Å². The van der Waals surface area contributed by atoms with E-state index in [1.54, 1.807) is 12.1 Å². The van der Waals surface area contributed by atoms with Crippen molar-refractivity contribution in [3.05, 3.63) is 30.1 Å². The van der Waals surface area contributed by atoms with Crippen LogP contribution >= 0.6 is 0 Å². The van der Waals surface area contributed by atoms with E-state index < -0.39 is 0 Å². The molecule has 0 aromatic heterocycles. The van der Waals surface area contributed by atoms with Crippen LogP contribution in [-0.2, 0) is 0 Å². The molecule has 2 nitrogen and oxygen atoms in total. The molecule has 0 amide bonds. The molecule has 2 rings (SSSR count). The molecule has 3 heteroatoms. The Labute approximate surface area is 82.4 Å². The van der Waals surface area contributed by atoms with Crippen molar-refractivity contribution in [1.29, 1.82) is 5.26 Å². The molecule has 0 saturated heterocycles. The predicted octanol–water partition coefficient (Wildman–Crippen LogP) is 2.54. The van der Waals surface area contributed by atoms with Crippen molar-refractivity contribution < 1.29 is 4.39 Å². The highest BCUT2D eigenvalue weighted by Gasteiger charge is 2.42. The molecule has 0 aliphatic heterocycles. The lowest BCUT2D eigenvalue weighted by Crippen LogP contribution is -2.13. The van der Waals surface area contributed by atoms with Gasteiger partial charge in [-0.3, -0.25) is 0 Å².